The Morgan fingerprint density at radius 3 is 2.21 bits per heavy atom. The molecule has 4 fully saturated rings. The molecule has 1 aromatic rings. The summed E-state index contributed by atoms with van der Waals surface area (Å²) in [5, 5.41) is 5.35. The normalized spacial score (nSPS) is 30.3. The van der Waals surface area contributed by atoms with Crippen molar-refractivity contribution in [1.29, 1.82) is 0 Å². The maximum Gasteiger partial charge on any atom is 0.347 e. The Morgan fingerprint density at radius 1 is 1.03 bits per heavy atom. The predicted octanol–water partition coefficient (Wildman–Crippen LogP) is 2.79. The van der Waals surface area contributed by atoms with Gasteiger partial charge in [-0.1, -0.05) is 18.2 Å². The van der Waals surface area contributed by atoms with E-state index in [4.69, 9.17) is 9.47 Å². The molecule has 0 heterocycles. The van der Waals surface area contributed by atoms with Gasteiger partial charge in [-0.3, -0.25) is 10.1 Å². The van der Waals surface area contributed by atoms with E-state index < -0.39 is 30.6 Å². The topological polar surface area (TPSA) is 93.7 Å². The summed E-state index contributed by atoms with van der Waals surface area (Å²) in [4.78, 5) is 36.4. The Morgan fingerprint density at radius 2 is 1.62 bits per heavy atom. The lowest BCUT2D eigenvalue weighted by Crippen LogP contribution is -2.62. The molecule has 29 heavy (non-hydrogen) atoms. The standard InChI is InChI=1S/C22H28N2O5/c1-14(29-18-5-3-2-4-6-18)20(26)28-13-19(25)23-21(27)24-22-10-15-7-16(11-22)9-17(8-15)12-22/h2-6,14-17H,7-13H2,1H3,(H2,23,24,25,27)/t14-,15?,16?,17?,22?/m1/s1. The van der Waals surface area contributed by atoms with Crippen LogP contribution in [0.25, 0.3) is 0 Å². The molecule has 0 spiro atoms. The number of hydrogen-bond donors (Lipinski definition) is 2. The van der Waals surface area contributed by atoms with Gasteiger partial charge in [-0.25, -0.2) is 9.59 Å². The average Bonchev–Trinajstić information content (AvgIpc) is 2.65. The van der Waals surface area contributed by atoms with Gasteiger partial charge in [0.15, 0.2) is 12.7 Å². The zero-order valence-corrected chi connectivity index (χ0v) is 16.7. The summed E-state index contributed by atoms with van der Waals surface area (Å²) in [6.45, 7) is 1.03. The molecule has 7 nitrogen and oxygen atoms in total. The quantitative estimate of drug-likeness (QED) is 0.716. The van der Waals surface area contributed by atoms with Gasteiger partial charge in [0.1, 0.15) is 5.75 Å². The Labute approximate surface area is 170 Å². The van der Waals surface area contributed by atoms with Crippen molar-refractivity contribution in [2.45, 2.75) is 57.1 Å². The third-order valence-corrected chi connectivity index (χ3v) is 6.40. The van der Waals surface area contributed by atoms with Crippen LogP contribution in [0.1, 0.15) is 45.4 Å². The Hall–Kier alpha value is -2.57. The summed E-state index contributed by atoms with van der Waals surface area (Å²) < 4.78 is 10.4. The SMILES string of the molecule is C[C@@H](Oc1ccccc1)C(=O)OCC(=O)NC(=O)NC12CC3CC(CC(C3)C1)C2. The molecular weight excluding hydrogens is 372 g/mol. The Balaban J connectivity index is 1.20. The van der Waals surface area contributed by atoms with Crippen molar-refractivity contribution in [2.75, 3.05) is 6.61 Å². The predicted molar refractivity (Wildman–Crippen MR) is 105 cm³/mol. The van der Waals surface area contributed by atoms with Crippen molar-refractivity contribution in [3.8, 4) is 5.75 Å². The first-order valence-corrected chi connectivity index (χ1v) is 10.4. The van der Waals surface area contributed by atoms with E-state index in [0.29, 0.717) is 23.5 Å². The minimum absolute atomic E-state index is 0.173. The van der Waals surface area contributed by atoms with Crippen LogP contribution in [0.5, 0.6) is 5.75 Å². The number of amides is 3. The number of urea groups is 1. The lowest BCUT2D eigenvalue weighted by molar-refractivity contribution is -0.154. The molecule has 0 aliphatic heterocycles. The van der Waals surface area contributed by atoms with Gasteiger partial charge in [0, 0.05) is 5.54 Å². The van der Waals surface area contributed by atoms with Crippen LogP contribution in [-0.4, -0.2) is 36.2 Å². The second-order valence-corrected chi connectivity index (χ2v) is 8.88. The van der Waals surface area contributed by atoms with Gasteiger partial charge < -0.3 is 14.8 Å². The monoisotopic (exact) mass is 400 g/mol. The summed E-state index contributed by atoms with van der Waals surface area (Å²) in [6, 6.07) is 8.39. The summed E-state index contributed by atoms with van der Waals surface area (Å²) >= 11 is 0. The number of carbonyl (C=O) groups is 3. The maximum absolute atomic E-state index is 12.3. The van der Waals surface area contributed by atoms with Crippen molar-refractivity contribution in [1.82, 2.24) is 10.6 Å². The lowest BCUT2D eigenvalue weighted by atomic mass is 9.53. The molecule has 3 amide bonds. The van der Waals surface area contributed by atoms with Crippen LogP contribution < -0.4 is 15.4 Å². The van der Waals surface area contributed by atoms with Crippen LogP contribution >= 0.6 is 0 Å². The highest BCUT2D eigenvalue weighted by atomic mass is 16.6. The highest BCUT2D eigenvalue weighted by Crippen LogP contribution is 2.55. The highest BCUT2D eigenvalue weighted by molar-refractivity contribution is 5.96. The molecule has 5 rings (SSSR count). The van der Waals surface area contributed by atoms with E-state index in [2.05, 4.69) is 10.6 Å². The van der Waals surface area contributed by atoms with E-state index >= 15 is 0 Å². The molecule has 2 N–H and O–H groups in total. The first kappa shape index (κ1) is 19.7. The average molecular weight is 400 g/mol. The minimum atomic E-state index is -0.856. The molecule has 156 valence electrons. The second kappa shape index (κ2) is 8.05. The molecule has 4 aliphatic rings. The molecule has 1 atom stereocenters. The van der Waals surface area contributed by atoms with Gasteiger partial charge >= 0.3 is 12.0 Å². The van der Waals surface area contributed by atoms with Gasteiger partial charge in [-0.15, -0.1) is 0 Å². The molecule has 4 saturated carbocycles. The first-order chi connectivity index (χ1) is 13.9. The van der Waals surface area contributed by atoms with Gasteiger partial charge in [-0.2, -0.15) is 0 Å². The first-order valence-electron chi connectivity index (χ1n) is 10.4. The van der Waals surface area contributed by atoms with Gasteiger partial charge in [0.25, 0.3) is 5.91 Å². The van der Waals surface area contributed by atoms with Crippen LogP contribution in [-0.2, 0) is 14.3 Å². The van der Waals surface area contributed by atoms with Gasteiger partial charge in [0.2, 0.25) is 0 Å². The second-order valence-electron chi connectivity index (χ2n) is 8.88. The molecule has 0 unspecified atom stereocenters. The molecule has 7 heteroatoms. The number of ether oxygens (including phenoxy) is 2. The van der Waals surface area contributed by atoms with Crippen LogP contribution in [0.15, 0.2) is 30.3 Å². The van der Waals surface area contributed by atoms with Crippen LogP contribution in [0.4, 0.5) is 4.79 Å². The van der Waals surface area contributed by atoms with Gasteiger partial charge in [0.05, 0.1) is 0 Å². The van der Waals surface area contributed by atoms with Gasteiger partial charge in [-0.05, 0) is 75.3 Å². The van der Waals surface area contributed by atoms with Crippen molar-refractivity contribution in [3.05, 3.63) is 30.3 Å². The maximum atomic E-state index is 12.3. The van der Waals surface area contributed by atoms with Crippen LogP contribution in [0.3, 0.4) is 0 Å². The molecule has 4 aliphatic carbocycles. The number of esters is 1. The third kappa shape index (κ3) is 4.71. The number of rotatable bonds is 6. The molecule has 0 saturated heterocycles. The highest BCUT2D eigenvalue weighted by Gasteiger charge is 2.51. The lowest BCUT2D eigenvalue weighted by Gasteiger charge is -2.56. The number of benzene rings is 1. The van der Waals surface area contributed by atoms with E-state index in [1.54, 1.807) is 31.2 Å². The van der Waals surface area contributed by atoms with E-state index in [1.165, 1.54) is 19.3 Å². The number of para-hydroxylation sites is 1. The molecule has 1 aromatic carbocycles. The Kier molecular flexibility index (Phi) is 5.48. The summed E-state index contributed by atoms with van der Waals surface area (Å²) in [6.07, 6.45) is 5.99. The third-order valence-electron chi connectivity index (χ3n) is 6.40. The Bertz CT molecular complexity index is 743. The van der Waals surface area contributed by atoms with E-state index in [0.717, 1.165) is 19.3 Å². The minimum Gasteiger partial charge on any atom is -0.479 e. The zero-order chi connectivity index (χ0) is 20.4. The molecule has 0 aromatic heterocycles. The fraction of sp³-hybridized carbons (Fsp3) is 0.591. The summed E-state index contributed by atoms with van der Waals surface area (Å²) in [5.41, 5.74) is -0.173. The van der Waals surface area contributed by atoms with E-state index in [9.17, 15) is 14.4 Å². The number of hydrogen-bond acceptors (Lipinski definition) is 5. The van der Waals surface area contributed by atoms with Crippen molar-refractivity contribution in [2.24, 2.45) is 17.8 Å². The smallest absolute Gasteiger partial charge is 0.347 e. The van der Waals surface area contributed by atoms with E-state index in [1.807, 2.05) is 6.07 Å². The fourth-order valence-corrected chi connectivity index (χ4v) is 5.70. The molecule has 0 radical (unpaired) electrons. The summed E-state index contributed by atoms with van der Waals surface area (Å²) in [7, 11) is 0. The van der Waals surface area contributed by atoms with Crippen molar-refractivity contribution >= 4 is 17.9 Å². The summed E-state index contributed by atoms with van der Waals surface area (Å²) in [5.74, 6) is 1.33. The number of carbonyl (C=O) groups excluding carboxylic acids is 3. The van der Waals surface area contributed by atoms with Crippen LogP contribution in [0.2, 0.25) is 0 Å². The van der Waals surface area contributed by atoms with Crippen LogP contribution in [0, 0.1) is 17.8 Å². The number of nitrogens with one attached hydrogen (secondary N) is 2. The zero-order valence-electron chi connectivity index (χ0n) is 16.7. The number of imide groups is 1. The van der Waals surface area contributed by atoms with E-state index in [-0.39, 0.29) is 5.54 Å². The van der Waals surface area contributed by atoms with Crippen molar-refractivity contribution < 1.29 is 23.9 Å². The molecular formula is C22H28N2O5. The largest absolute Gasteiger partial charge is 0.479 e. The van der Waals surface area contributed by atoms with Crippen molar-refractivity contribution in [3.63, 3.8) is 0 Å². The fourth-order valence-electron chi connectivity index (χ4n) is 5.70. The molecule has 4 bridgehead atoms.